The molecule has 25 heavy (non-hydrogen) atoms. The third-order valence-corrected chi connectivity index (χ3v) is 6.13. The second-order valence-electron chi connectivity index (χ2n) is 6.62. The monoisotopic (exact) mass is 358 g/mol. The maximum atomic E-state index is 13.9. The maximum Gasteiger partial charge on any atom is 0.352 e. The lowest BCUT2D eigenvalue weighted by Gasteiger charge is -2.29. The number of amides is 2. The van der Waals surface area contributed by atoms with E-state index in [1.54, 1.807) is 23.1 Å². The first-order valence-electron chi connectivity index (χ1n) is 8.47. The van der Waals surface area contributed by atoms with Crippen molar-refractivity contribution in [3.63, 3.8) is 0 Å². The molecule has 0 heterocycles. The van der Waals surface area contributed by atoms with E-state index in [0.717, 1.165) is 5.56 Å². The molecule has 2 amide bonds. The van der Waals surface area contributed by atoms with Crippen LogP contribution in [0.4, 0.5) is 4.79 Å². The van der Waals surface area contributed by atoms with Crippen molar-refractivity contribution >= 4 is 15.8 Å². The van der Waals surface area contributed by atoms with Crippen molar-refractivity contribution in [1.82, 2.24) is 4.90 Å². The maximum absolute atomic E-state index is 13.9. The summed E-state index contributed by atoms with van der Waals surface area (Å²) < 4.78 is 18.1. The summed E-state index contributed by atoms with van der Waals surface area (Å²) in [7, 11) is -3.05. The average Bonchev–Trinajstić information content (AvgIpc) is 2.54. The number of urea groups is 1. The van der Waals surface area contributed by atoms with Crippen molar-refractivity contribution in [3.05, 3.63) is 60.2 Å². The quantitative estimate of drug-likeness (QED) is 0.761. The predicted octanol–water partition coefficient (Wildman–Crippen LogP) is 5.12. The van der Waals surface area contributed by atoms with Gasteiger partial charge < -0.3 is 4.90 Å². The third kappa shape index (κ3) is 4.28. The molecule has 0 aliphatic heterocycles. The van der Waals surface area contributed by atoms with E-state index < -0.39 is 15.8 Å². The van der Waals surface area contributed by atoms with Gasteiger partial charge in [0.05, 0.1) is 9.79 Å². The lowest BCUT2D eigenvalue weighted by atomic mass is 10.2. The Hall–Kier alpha value is -2.14. The molecule has 2 aromatic carbocycles. The van der Waals surface area contributed by atoms with Crippen LogP contribution >= 0.6 is 0 Å². The van der Waals surface area contributed by atoms with Gasteiger partial charge in [0, 0.05) is 12.1 Å². The predicted molar refractivity (Wildman–Crippen MR) is 102 cm³/mol. The summed E-state index contributed by atoms with van der Waals surface area (Å²) in [6.45, 7) is 9.67. The summed E-state index contributed by atoms with van der Waals surface area (Å²) in [5, 5.41) is 0. The molecular weight excluding hydrogens is 332 g/mol. The lowest BCUT2D eigenvalue weighted by molar-refractivity contribution is 0.175. The summed E-state index contributed by atoms with van der Waals surface area (Å²) in [5.41, 5.74) is 0.980. The average molecular weight is 359 g/mol. The molecule has 0 fully saturated rings. The lowest BCUT2D eigenvalue weighted by Crippen LogP contribution is -2.40. The van der Waals surface area contributed by atoms with Gasteiger partial charge >= 0.3 is 6.03 Å². The SMILES string of the molecule is Cc1cccc(S(=O)(=NC(=O)N(C(C)C)C(C)C)c2ccccc2)c1. The number of hydrogen-bond acceptors (Lipinski definition) is 2. The minimum absolute atomic E-state index is 0.0202. The second-order valence-corrected chi connectivity index (χ2v) is 8.80. The fourth-order valence-electron chi connectivity index (χ4n) is 2.83. The molecule has 0 aliphatic rings. The summed E-state index contributed by atoms with van der Waals surface area (Å²) in [6, 6.07) is 15.9. The molecule has 0 saturated heterocycles. The number of aryl methyl sites for hydroxylation is 1. The Labute approximate surface area is 151 Å². The number of nitrogens with zero attached hydrogens (tertiary/aromatic N) is 2. The Morgan fingerprint density at radius 1 is 0.920 bits per heavy atom. The molecule has 0 N–H and O–H groups in total. The standard InChI is InChI=1S/C20H26N2O2S/c1-15(2)22(16(3)4)20(23)21-25(24,18-11-7-6-8-12-18)19-13-9-10-17(5)14-19/h6-16H,1-5H3. The molecule has 134 valence electrons. The molecule has 5 heteroatoms. The Balaban J connectivity index is 2.68. The highest BCUT2D eigenvalue weighted by molar-refractivity contribution is 7.94. The van der Waals surface area contributed by atoms with Crippen molar-refractivity contribution in [2.45, 2.75) is 56.5 Å². The van der Waals surface area contributed by atoms with Gasteiger partial charge in [0.1, 0.15) is 9.73 Å². The van der Waals surface area contributed by atoms with Gasteiger partial charge in [-0.3, -0.25) is 0 Å². The Kier molecular flexibility index (Phi) is 6.01. The van der Waals surface area contributed by atoms with Gasteiger partial charge in [-0.25, -0.2) is 9.00 Å². The first-order valence-corrected chi connectivity index (χ1v) is 9.98. The highest BCUT2D eigenvalue weighted by Gasteiger charge is 2.24. The first-order chi connectivity index (χ1) is 11.8. The Bertz CT molecular complexity index is 843. The van der Waals surface area contributed by atoms with Crippen LogP contribution in [0.1, 0.15) is 33.3 Å². The molecule has 2 rings (SSSR count). The Morgan fingerprint density at radius 2 is 1.48 bits per heavy atom. The minimum atomic E-state index is -3.05. The van der Waals surface area contributed by atoms with E-state index in [2.05, 4.69) is 4.36 Å². The number of carbonyl (C=O) groups is 1. The molecule has 0 bridgehead atoms. The van der Waals surface area contributed by atoms with Gasteiger partial charge in [0.2, 0.25) is 0 Å². The number of carbonyl (C=O) groups excluding carboxylic acids is 1. The number of hydrogen-bond donors (Lipinski definition) is 0. The summed E-state index contributed by atoms with van der Waals surface area (Å²) in [4.78, 5) is 15.6. The molecular formula is C20H26N2O2S. The zero-order valence-corrected chi connectivity index (χ0v) is 16.3. The van der Waals surface area contributed by atoms with E-state index in [4.69, 9.17) is 0 Å². The fraction of sp³-hybridized carbons (Fsp3) is 0.350. The van der Waals surface area contributed by atoms with E-state index in [1.807, 2.05) is 71.0 Å². The van der Waals surface area contributed by atoms with Crippen LogP contribution in [0.3, 0.4) is 0 Å². The van der Waals surface area contributed by atoms with Gasteiger partial charge in [-0.2, -0.15) is 0 Å². The normalized spacial score (nSPS) is 13.6. The molecule has 1 unspecified atom stereocenters. The van der Waals surface area contributed by atoms with Crippen LogP contribution in [-0.4, -0.2) is 27.2 Å². The van der Waals surface area contributed by atoms with E-state index in [0.29, 0.717) is 9.79 Å². The summed E-state index contributed by atoms with van der Waals surface area (Å²) in [6.07, 6.45) is 0. The van der Waals surface area contributed by atoms with Crippen molar-refractivity contribution in [1.29, 1.82) is 0 Å². The topological polar surface area (TPSA) is 49.7 Å². The smallest absolute Gasteiger partial charge is 0.318 e. The first kappa shape index (κ1) is 19.2. The molecule has 0 spiro atoms. The van der Waals surface area contributed by atoms with E-state index >= 15 is 0 Å². The molecule has 2 aromatic rings. The van der Waals surface area contributed by atoms with Crippen LogP contribution in [0, 0.1) is 6.92 Å². The number of benzene rings is 2. The van der Waals surface area contributed by atoms with Crippen molar-refractivity contribution in [2.75, 3.05) is 0 Å². The molecule has 0 aromatic heterocycles. The molecule has 1 atom stereocenters. The van der Waals surface area contributed by atoms with Gasteiger partial charge in [-0.05, 0) is 64.4 Å². The zero-order valence-electron chi connectivity index (χ0n) is 15.5. The van der Waals surface area contributed by atoms with Gasteiger partial charge in [-0.1, -0.05) is 30.3 Å². The Morgan fingerprint density at radius 3 is 2.00 bits per heavy atom. The van der Waals surface area contributed by atoms with Crippen LogP contribution in [0.2, 0.25) is 0 Å². The summed E-state index contributed by atoms with van der Waals surface area (Å²) in [5.74, 6) is 0. The van der Waals surface area contributed by atoms with E-state index in [-0.39, 0.29) is 12.1 Å². The van der Waals surface area contributed by atoms with Crippen LogP contribution in [0.25, 0.3) is 0 Å². The van der Waals surface area contributed by atoms with Gasteiger partial charge in [0.15, 0.2) is 0 Å². The second kappa shape index (κ2) is 7.83. The van der Waals surface area contributed by atoms with Crippen LogP contribution in [0.5, 0.6) is 0 Å². The zero-order chi connectivity index (χ0) is 18.6. The van der Waals surface area contributed by atoms with Crippen LogP contribution < -0.4 is 0 Å². The van der Waals surface area contributed by atoms with Crippen LogP contribution in [-0.2, 0) is 9.73 Å². The largest absolute Gasteiger partial charge is 0.352 e. The highest BCUT2D eigenvalue weighted by Crippen LogP contribution is 2.25. The minimum Gasteiger partial charge on any atom is -0.318 e. The molecule has 0 saturated carbocycles. The highest BCUT2D eigenvalue weighted by atomic mass is 32.2. The fourth-order valence-corrected chi connectivity index (χ4v) is 4.76. The van der Waals surface area contributed by atoms with Crippen molar-refractivity contribution in [2.24, 2.45) is 4.36 Å². The van der Waals surface area contributed by atoms with E-state index in [1.165, 1.54) is 0 Å². The van der Waals surface area contributed by atoms with Crippen molar-refractivity contribution in [3.8, 4) is 0 Å². The van der Waals surface area contributed by atoms with E-state index in [9.17, 15) is 9.00 Å². The van der Waals surface area contributed by atoms with Gasteiger partial charge in [-0.15, -0.1) is 4.36 Å². The molecule has 4 nitrogen and oxygen atoms in total. The third-order valence-electron chi connectivity index (χ3n) is 3.91. The molecule has 0 aliphatic carbocycles. The number of rotatable bonds is 4. The van der Waals surface area contributed by atoms with Crippen molar-refractivity contribution < 1.29 is 9.00 Å². The molecule has 0 radical (unpaired) electrons. The van der Waals surface area contributed by atoms with Crippen LogP contribution in [0.15, 0.2) is 68.8 Å². The summed E-state index contributed by atoms with van der Waals surface area (Å²) >= 11 is 0. The van der Waals surface area contributed by atoms with Gasteiger partial charge in [0.25, 0.3) is 0 Å².